The van der Waals surface area contributed by atoms with Gasteiger partial charge in [0.15, 0.2) is 5.82 Å². The van der Waals surface area contributed by atoms with Gasteiger partial charge in [-0.3, -0.25) is 24.6 Å². The number of phenols is 1. The number of ether oxygens (including phenoxy) is 1. The van der Waals surface area contributed by atoms with E-state index in [0.717, 1.165) is 75.4 Å². The lowest BCUT2D eigenvalue weighted by Crippen LogP contribution is -2.51. The van der Waals surface area contributed by atoms with Crippen LogP contribution in [0.25, 0.3) is 11.3 Å². The number of hydrogen-bond acceptors (Lipinski definition) is 11. The monoisotopic (exact) mass is 838 g/mol. The Hall–Kier alpha value is -5.69. The van der Waals surface area contributed by atoms with Crippen LogP contribution >= 0.6 is 0 Å². The Morgan fingerprint density at radius 2 is 1.66 bits per heavy atom. The summed E-state index contributed by atoms with van der Waals surface area (Å²) in [5, 5.41) is 21.6. The van der Waals surface area contributed by atoms with E-state index in [1.807, 2.05) is 41.1 Å². The maximum absolute atomic E-state index is 13.5. The third kappa shape index (κ3) is 7.84. The molecule has 5 heterocycles. The number of piperidine rings is 3. The summed E-state index contributed by atoms with van der Waals surface area (Å²) >= 11 is 0. The number of carbonyl (C=O) groups excluding carboxylic acids is 3. The molecule has 3 aliphatic carbocycles. The van der Waals surface area contributed by atoms with Crippen molar-refractivity contribution >= 4 is 34.9 Å². The van der Waals surface area contributed by atoms with Crippen molar-refractivity contribution in [1.82, 2.24) is 25.3 Å². The molecule has 4 aromatic rings. The van der Waals surface area contributed by atoms with Crippen LogP contribution in [0.2, 0.25) is 0 Å². The van der Waals surface area contributed by atoms with Crippen LogP contribution in [0.5, 0.6) is 11.5 Å². The average Bonchev–Trinajstić information content (AvgIpc) is 3.78. The number of para-hydroxylation sites is 1. The van der Waals surface area contributed by atoms with Crippen LogP contribution < -0.4 is 25.6 Å². The van der Waals surface area contributed by atoms with E-state index in [1.165, 1.54) is 17.5 Å². The SMILES string of the molecule is CN(c1cccc(C2CCN(CC(=O)N3CCC(Oc4cccc(C5C6C[C@H]7CN(c8cc(-c9ccccc9O)nnc8N)CC[C@H]6C57)c4)CC3)CC2)c1)C1CCC(=O)NC1=O. The van der Waals surface area contributed by atoms with E-state index in [9.17, 15) is 19.5 Å². The third-order valence-electron chi connectivity index (χ3n) is 15.3. The van der Waals surface area contributed by atoms with Crippen molar-refractivity contribution in [2.45, 2.75) is 75.3 Å². The van der Waals surface area contributed by atoms with Gasteiger partial charge in [-0.2, -0.15) is 0 Å². The number of nitrogens with two attached hydrogens (primary N) is 1. The van der Waals surface area contributed by atoms with E-state index in [1.54, 1.807) is 12.1 Å². The molecular formula is C49H58N8O5. The van der Waals surface area contributed by atoms with Gasteiger partial charge in [0.25, 0.3) is 0 Å². The van der Waals surface area contributed by atoms with Gasteiger partial charge < -0.3 is 30.3 Å². The van der Waals surface area contributed by atoms with Crippen molar-refractivity contribution in [2.75, 3.05) is 68.4 Å². The van der Waals surface area contributed by atoms with Crippen molar-refractivity contribution in [3.8, 4) is 22.8 Å². The number of nitrogens with zero attached hydrogens (tertiary/aromatic N) is 6. The molecule has 4 N–H and O–H groups in total. The van der Waals surface area contributed by atoms with Crippen molar-refractivity contribution in [1.29, 1.82) is 0 Å². The molecule has 4 unspecified atom stereocenters. The summed E-state index contributed by atoms with van der Waals surface area (Å²) in [6.45, 7) is 5.51. The average molecular weight is 839 g/mol. The Morgan fingerprint density at radius 3 is 2.47 bits per heavy atom. The smallest absolute Gasteiger partial charge is 0.249 e. The number of nitrogen functional groups attached to an aromatic ring is 1. The number of likely N-dealkylation sites (N-methyl/N-ethyl adjacent to an activating group) is 1. The van der Waals surface area contributed by atoms with Crippen LogP contribution in [0.4, 0.5) is 17.2 Å². The number of nitrogens with one attached hydrogen (secondary N) is 1. The first-order chi connectivity index (χ1) is 30.2. The Balaban J connectivity index is 0.691. The van der Waals surface area contributed by atoms with E-state index in [0.29, 0.717) is 85.1 Å². The van der Waals surface area contributed by atoms with Gasteiger partial charge in [-0.05, 0) is 134 Å². The number of carbonyl (C=O) groups is 3. The second-order valence-electron chi connectivity index (χ2n) is 18.7. The molecule has 0 radical (unpaired) electrons. The summed E-state index contributed by atoms with van der Waals surface area (Å²) in [6, 6.07) is 26.1. The highest BCUT2D eigenvalue weighted by atomic mass is 16.5. The second-order valence-corrected chi connectivity index (χ2v) is 18.7. The first kappa shape index (κ1) is 40.4. The van der Waals surface area contributed by atoms with Gasteiger partial charge in [0.05, 0.1) is 17.9 Å². The Labute approximate surface area is 363 Å². The summed E-state index contributed by atoms with van der Waals surface area (Å²) in [7, 11) is 1.93. The van der Waals surface area contributed by atoms with Crippen LogP contribution in [-0.2, 0) is 14.4 Å². The first-order valence-electron chi connectivity index (χ1n) is 22.8. The Kier molecular flexibility index (Phi) is 11.0. The van der Waals surface area contributed by atoms with Gasteiger partial charge in [0.2, 0.25) is 17.7 Å². The van der Waals surface area contributed by atoms with E-state index in [2.05, 4.69) is 67.8 Å². The van der Waals surface area contributed by atoms with Crippen LogP contribution in [0.3, 0.4) is 0 Å². The van der Waals surface area contributed by atoms with Crippen LogP contribution in [0.1, 0.15) is 74.3 Å². The minimum atomic E-state index is -0.349. The number of aromatic nitrogens is 2. The van der Waals surface area contributed by atoms with Gasteiger partial charge in [-0.1, -0.05) is 36.4 Å². The van der Waals surface area contributed by atoms with E-state index in [-0.39, 0.29) is 35.6 Å². The minimum absolute atomic E-state index is 0.0891. The predicted octanol–water partition coefficient (Wildman–Crippen LogP) is 5.80. The number of aromatic hydroxyl groups is 1. The molecule has 4 bridgehead atoms. The zero-order valence-corrected chi connectivity index (χ0v) is 35.6. The predicted molar refractivity (Wildman–Crippen MR) is 238 cm³/mol. The molecule has 3 saturated carbocycles. The molecule has 6 atom stereocenters. The van der Waals surface area contributed by atoms with Gasteiger partial charge in [-0.15, -0.1) is 10.2 Å². The van der Waals surface area contributed by atoms with E-state index < -0.39 is 0 Å². The van der Waals surface area contributed by atoms with Crippen molar-refractivity contribution in [3.63, 3.8) is 0 Å². The molecule has 7 fully saturated rings. The van der Waals surface area contributed by atoms with Crippen LogP contribution in [-0.4, -0.2) is 108 Å². The molecule has 324 valence electrons. The maximum Gasteiger partial charge on any atom is 0.249 e. The normalized spacial score (nSPS) is 26.7. The molecule has 1 aromatic heterocycles. The summed E-state index contributed by atoms with van der Waals surface area (Å²) in [4.78, 5) is 46.3. The number of amides is 3. The lowest BCUT2D eigenvalue weighted by atomic mass is 9.59. The molecule has 7 aliphatic rings. The van der Waals surface area contributed by atoms with Gasteiger partial charge >= 0.3 is 0 Å². The number of rotatable bonds is 10. The second kappa shape index (κ2) is 16.9. The summed E-state index contributed by atoms with van der Waals surface area (Å²) in [5.74, 6) is 4.88. The van der Waals surface area contributed by atoms with Crippen molar-refractivity contribution in [2.24, 2.45) is 23.7 Å². The molecule has 3 amide bonds. The molecule has 0 spiro atoms. The number of hydrogen-bond donors (Lipinski definition) is 3. The quantitative estimate of drug-likeness (QED) is 0.166. The first-order valence-corrected chi connectivity index (χ1v) is 22.8. The number of benzene rings is 3. The third-order valence-corrected chi connectivity index (χ3v) is 15.3. The number of imide groups is 1. The minimum Gasteiger partial charge on any atom is -0.507 e. The standard InChI is InChI=1S/C49H58N8O5/c1-54(41-12-13-44(59)51-49(41)61)34-8-4-6-31(24-34)30-14-19-55(20-15-30)29-45(60)56-21-16-35(17-22-56)62-36-9-5-7-32(25-36)46-39-26-33-28-57(23-18-37(39)47(33)46)42-27-40(52-53-48(42)50)38-10-2-3-11-43(38)58/h2-11,24-25,27,30,33,35,37,39,41,46-47,58H,12-23,26,28-29H2,1H3,(H2,50,53)(H,51,59,61)/t33-,37+,39?,41?,46?,47?/m0/s1. The van der Waals surface area contributed by atoms with E-state index in [4.69, 9.17) is 10.5 Å². The maximum atomic E-state index is 13.5. The molecule has 11 rings (SSSR count). The van der Waals surface area contributed by atoms with Gasteiger partial charge in [0, 0.05) is 63.7 Å². The van der Waals surface area contributed by atoms with E-state index >= 15 is 0 Å². The van der Waals surface area contributed by atoms with Gasteiger partial charge in [0.1, 0.15) is 23.6 Å². The zero-order chi connectivity index (χ0) is 42.5. The number of likely N-dealkylation sites (tertiary alicyclic amines) is 2. The fourth-order valence-electron chi connectivity index (χ4n) is 12.0. The molecule has 13 heteroatoms. The highest BCUT2D eigenvalue weighted by Gasteiger charge is 2.61. The zero-order valence-electron chi connectivity index (χ0n) is 35.6. The molecule has 13 nitrogen and oxygen atoms in total. The highest BCUT2D eigenvalue weighted by molar-refractivity contribution is 6.01. The van der Waals surface area contributed by atoms with Crippen molar-refractivity contribution in [3.05, 3.63) is 90.0 Å². The fourth-order valence-corrected chi connectivity index (χ4v) is 12.0. The lowest BCUT2D eigenvalue weighted by molar-refractivity contribution is -0.135. The number of phenolic OH excluding ortho intramolecular Hbond substituents is 1. The largest absolute Gasteiger partial charge is 0.507 e. The van der Waals surface area contributed by atoms with Gasteiger partial charge in [-0.25, -0.2) is 0 Å². The Morgan fingerprint density at radius 1 is 0.871 bits per heavy atom. The molecule has 4 aliphatic heterocycles. The summed E-state index contributed by atoms with van der Waals surface area (Å²) < 4.78 is 6.63. The molecular weight excluding hydrogens is 781 g/mol. The lowest BCUT2D eigenvalue weighted by Gasteiger charge is -2.45. The summed E-state index contributed by atoms with van der Waals surface area (Å²) in [5.41, 5.74) is 12.3. The molecule has 3 aromatic carbocycles. The Bertz CT molecular complexity index is 2320. The fraction of sp³-hybridized carbons (Fsp3) is 0.490. The topological polar surface area (TPSA) is 157 Å². The molecule has 4 saturated heterocycles. The van der Waals surface area contributed by atoms with Crippen LogP contribution in [0, 0.1) is 23.7 Å². The highest BCUT2D eigenvalue weighted by Crippen LogP contribution is 2.67. The van der Waals surface area contributed by atoms with Crippen molar-refractivity contribution < 1.29 is 24.2 Å². The summed E-state index contributed by atoms with van der Waals surface area (Å²) in [6.07, 6.45) is 6.94. The number of anilines is 3. The van der Waals surface area contributed by atoms with Crippen LogP contribution in [0.15, 0.2) is 78.9 Å². The molecule has 62 heavy (non-hydrogen) atoms.